The Kier molecular flexibility index (Phi) is 4.53. The second kappa shape index (κ2) is 7.21. The highest BCUT2D eigenvalue weighted by Gasteiger charge is 2.35. The molecular formula is C24H16ClNO2S. The number of fused-ring (bicyclic) bond motifs is 3. The Labute approximate surface area is 178 Å². The Balaban J connectivity index is 1.40. The summed E-state index contributed by atoms with van der Waals surface area (Å²) >= 11 is 7.00. The highest BCUT2D eigenvalue weighted by atomic mass is 35.5. The molecule has 0 atom stereocenters. The van der Waals surface area contributed by atoms with Crippen molar-refractivity contribution in [1.82, 2.24) is 4.90 Å². The van der Waals surface area contributed by atoms with Crippen molar-refractivity contribution in [2.75, 3.05) is 0 Å². The summed E-state index contributed by atoms with van der Waals surface area (Å²) in [6.07, 6.45) is 2.70. The lowest BCUT2D eigenvalue weighted by Crippen LogP contribution is -2.27. The van der Waals surface area contributed by atoms with Crippen LogP contribution in [-0.2, 0) is 17.8 Å². The fraction of sp³-hybridized carbons (Fsp3) is 0.0833. The molecule has 3 aromatic rings. The van der Waals surface area contributed by atoms with Crippen LogP contribution in [0.3, 0.4) is 0 Å². The number of imide groups is 1. The first-order valence-corrected chi connectivity index (χ1v) is 10.5. The zero-order valence-corrected chi connectivity index (χ0v) is 17.0. The van der Waals surface area contributed by atoms with Crippen molar-refractivity contribution in [2.24, 2.45) is 0 Å². The summed E-state index contributed by atoms with van der Waals surface area (Å²) in [7, 11) is 0. The molecular weight excluding hydrogens is 402 g/mol. The van der Waals surface area contributed by atoms with E-state index in [0.717, 1.165) is 29.3 Å². The normalized spacial score (nSPS) is 16.4. The molecule has 0 bridgehead atoms. The van der Waals surface area contributed by atoms with Crippen molar-refractivity contribution in [3.63, 3.8) is 0 Å². The van der Waals surface area contributed by atoms with E-state index in [1.165, 1.54) is 27.2 Å². The second-order valence-electron chi connectivity index (χ2n) is 7.15. The molecule has 3 aromatic carbocycles. The molecule has 2 amide bonds. The Bertz CT molecular complexity index is 1200. The topological polar surface area (TPSA) is 37.4 Å². The lowest BCUT2D eigenvalue weighted by atomic mass is 10.0. The molecule has 1 aliphatic heterocycles. The molecule has 0 aromatic heterocycles. The van der Waals surface area contributed by atoms with Crippen LogP contribution in [0.1, 0.15) is 22.3 Å². The number of benzene rings is 3. The third-order valence-corrected chi connectivity index (χ3v) is 6.36. The summed E-state index contributed by atoms with van der Waals surface area (Å²) in [5, 5.41) is 0.332. The molecule has 3 nitrogen and oxygen atoms in total. The number of halogens is 1. The van der Waals surface area contributed by atoms with Gasteiger partial charge >= 0.3 is 0 Å². The van der Waals surface area contributed by atoms with Gasteiger partial charge in [0.15, 0.2) is 0 Å². The Morgan fingerprint density at radius 2 is 1.76 bits per heavy atom. The van der Waals surface area contributed by atoms with E-state index in [9.17, 15) is 9.59 Å². The highest BCUT2D eigenvalue weighted by molar-refractivity contribution is 8.18. The van der Waals surface area contributed by atoms with Crippen LogP contribution in [0, 0.1) is 0 Å². The molecule has 29 heavy (non-hydrogen) atoms. The van der Waals surface area contributed by atoms with Crippen LogP contribution in [0.5, 0.6) is 0 Å². The standard InChI is InChI=1S/C24H16ClNO2S/c25-19-6-3-4-16(11-19)14-26-23(27)22(29-24(26)28)12-15-8-9-21-18(10-15)13-17-5-1-2-7-20(17)21/h1-12H,13-14H2/b22-12-. The quantitative estimate of drug-likeness (QED) is 0.375. The van der Waals surface area contributed by atoms with Gasteiger partial charge in [-0.15, -0.1) is 0 Å². The zero-order valence-electron chi connectivity index (χ0n) is 15.4. The molecule has 0 radical (unpaired) electrons. The van der Waals surface area contributed by atoms with Crippen molar-refractivity contribution in [3.8, 4) is 11.1 Å². The number of rotatable bonds is 3. The average Bonchev–Trinajstić information content (AvgIpc) is 3.20. The average molecular weight is 418 g/mol. The van der Waals surface area contributed by atoms with E-state index < -0.39 is 0 Å². The highest BCUT2D eigenvalue weighted by Crippen LogP contribution is 2.38. The van der Waals surface area contributed by atoms with Crippen molar-refractivity contribution < 1.29 is 9.59 Å². The number of hydrogen-bond acceptors (Lipinski definition) is 3. The van der Waals surface area contributed by atoms with Crippen LogP contribution in [0.2, 0.25) is 5.02 Å². The van der Waals surface area contributed by atoms with E-state index in [-0.39, 0.29) is 17.7 Å². The summed E-state index contributed by atoms with van der Waals surface area (Å²) < 4.78 is 0. The van der Waals surface area contributed by atoms with E-state index in [1.807, 2.05) is 24.3 Å². The van der Waals surface area contributed by atoms with Crippen LogP contribution in [0.4, 0.5) is 4.79 Å². The van der Waals surface area contributed by atoms with Gasteiger partial charge in [-0.3, -0.25) is 14.5 Å². The summed E-state index contributed by atoms with van der Waals surface area (Å²) in [4.78, 5) is 26.9. The van der Waals surface area contributed by atoms with Gasteiger partial charge in [-0.2, -0.15) is 0 Å². The number of thioether (sulfide) groups is 1. The first-order valence-electron chi connectivity index (χ1n) is 9.29. The minimum Gasteiger partial charge on any atom is -0.268 e. The van der Waals surface area contributed by atoms with Gasteiger partial charge in [-0.25, -0.2) is 0 Å². The SMILES string of the molecule is O=C1S/C(=C\c2ccc3c(c2)Cc2ccccc2-3)C(=O)N1Cc1cccc(Cl)c1. The third kappa shape index (κ3) is 3.39. The Morgan fingerprint density at radius 3 is 2.62 bits per heavy atom. The van der Waals surface area contributed by atoms with Gasteiger partial charge in [-0.1, -0.05) is 66.2 Å². The van der Waals surface area contributed by atoms with Gasteiger partial charge < -0.3 is 0 Å². The van der Waals surface area contributed by atoms with Crippen LogP contribution < -0.4 is 0 Å². The number of hydrogen-bond donors (Lipinski definition) is 0. The predicted molar refractivity (Wildman–Crippen MR) is 118 cm³/mol. The molecule has 5 rings (SSSR count). The van der Waals surface area contributed by atoms with Crippen LogP contribution in [-0.4, -0.2) is 16.0 Å². The Hall–Kier alpha value is -2.82. The fourth-order valence-electron chi connectivity index (χ4n) is 3.86. The van der Waals surface area contributed by atoms with E-state index in [2.05, 4.69) is 36.4 Å². The number of carbonyl (C=O) groups excluding carboxylic acids is 2. The molecule has 1 saturated heterocycles. The minimum atomic E-state index is -0.260. The zero-order chi connectivity index (χ0) is 20.0. The molecule has 0 spiro atoms. The molecule has 2 aliphatic rings. The molecule has 1 heterocycles. The van der Waals surface area contributed by atoms with Gasteiger partial charge in [0.2, 0.25) is 0 Å². The molecule has 1 fully saturated rings. The van der Waals surface area contributed by atoms with Gasteiger partial charge in [-0.05, 0) is 69.8 Å². The van der Waals surface area contributed by atoms with Crippen LogP contribution in [0.15, 0.2) is 71.6 Å². The summed E-state index contributed by atoms with van der Waals surface area (Å²) in [5.74, 6) is -0.260. The molecule has 142 valence electrons. The maximum Gasteiger partial charge on any atom is 0.293 e. The fourth-order valence-corrected chi connectivity index (χ4v) is 4.91. The summed E-state index contributed by atoms with van der Waals surface area (Å²) in [6, 6.07) is 21.8. The minimum absolute atomic E-state index is 0.224. The van der Waals surface area contributed by atoms with E-state index in [1.54, 1.807) is 12.1 Å². The van der Waals surface area contributed by atoms with Crippen LogP contribution >= 0.6 is 23.4 Å². The number of amides is 2. The van der Waals surface area contributed by atoms with Gasteiger partial charge in [0.25, 0.3) is 11.1 Å². The lowest BCUT2D eigenvalue weighted by molar-refractivity contribution is -0.123. The first-order chi connectivity index (χ1) is 14.1. The van der Waals surface area contributed by atoms with Gasteiger partial charge in [0.1, 0.15) is 0 Å². The third-order valence-electron chi connectivity index (χ3n) is 5.22. The van der Waals surface area contributed by atoms with Gasteiger partial charge in [0, 0.05) is 5.02 Å². The van der Waals surface area contributed by atoms with E-state index in [4.69, 9.17) is 11.6 Å². The number of nitrogens with zero attached hydrogens (tertiary/aromatic N) is 1. The lowest BCUT2D eigenvalue weighted by Gasteiger charge is -2.12. The van der Waals surface area contributed by atoms with Crippen molar-refractivity contribution in [3.05, 3.63) is 98.9 Å². The molecule has 0 N–H and O–H groups in total. The first kappa shape index (κ1) is 18.2. The second-order valence-corrected chi connectivity index (χ2v) is 8.58. The largest absolute Gasteiger partial charge is 0.293 e. The maximum absolute atomic E-state index is 12.8. The maximum atomic E-state index is 12.8. The summed E-state index contributed by atoms with van der Waals surface area (Å²) in [6.45, 7) is 0.224. The van der Waals surface area contributed by atoms with E-state index in [0.29, 0.717) is 9.93 Å². The molecule has 0 saturated carbocycles. The smallest absolute Gasteiger partial charge is 0.268 e. The van der Waals surface area contributed by atoms with Crippen molar-refractivity contribution in [1.29, 1.82) is 0 Å². The molecule has 0 unspecified atom stereocenters. The summed E-state index contributed by atoms with van der Waals surface area (Å²) in [5.41, 5.74) is 6.85. The monoisotopic (exact) mass is 417 g/mol. The number of carbonyl (C=O) groups is 2. The van der Waals surface area contributed by atoms with Crippen molar-refractivity contribution in [2.45, 2.75) is 13.0 Å². The predicted octanol–water partition coefficient (Wildman–Crippen LogP) is 6.15. The Morgan fingerprint density at radius 1 is 0.931 bits per heavy atom. The van der Waals surface area contributed by atoms with E-state index >= 15 is 0 Å². The van der Waals surface area contributed by atoms with Gasteiger partial charge in [0.05, 0.1) is 11.4 Å². The molecule has 5 heteroatoms. The molecule has 1 aliphatic carbocycles. The van der Waals surface area contributed by atoms with Crippen LogP contribution in [0.25, 0.3) is 17.2 Å². The van der Waals surface area contributed by atoms with Crippen molar-refractivity contribution >= 4 is 40.6 Å².